The Morgan fingerprint density at radius 3 is 1.83 bits per heavy atom. The Kier molecular flexibility index (Phi) is 11.7. The maximum Gasteiger partial charge on any atom is 0.338 e. The van der Waals surface area contributed by atoms with Crippen molar-refractivity contribution >= 4 is 17.9 Å². The topological polar surface area (TPSA) is 110 Å². The molecule has 102 valence electrons. The van der Waals surface area contributed by atoms with E-state index in [1.54, 1.807) is 7.11 Å². The lowest BCUT2D eigenvalue weighted by Gasteiger charge is -1.84. The van der Waals surface area contributed by atoms with Gasteiger partial charge in [0, 0.05) is 24.8 Å². The molecule has 0 aliphatic carbocycles. The average Bonchev–Trinajstić information content (AvgIpc) is 2.65. The monoisotopic (exact) mass is 260 g/mol. The van der Waals surface area contributed by atoms with Gasteiger partial charge in [0.05, 0.1) is 13.2 Å². The van der Waals surface area contributed by atoms with Gasteiger partial charge in [-0.05, 0) is 6.92 Å². The van der Waals surface area contributed by atoms with Crippen LogP contribution in [0.1, 0.15) is 6.92 Å². The second-order valence-corrected chi connectivity index (χ2v) is 2.88. The molecule has 0 aromatic rings. The van der Waals surface area contributed by atoms with E-state index in [1.165, 1.54) is 6.92 Å². The van der Waals surface area contributed by atoms with Crippen molar-refractivity contribution in [2.24, 2.45) is 0 Å². The molecule has 0 saturated carbocycles. The molecule has 0 bridgehead atoms. The molecule has 2 N–H and O–H groups in total. The highest BCUT2D eigenvalue weighted by Gasteiger charge is 2.10. The van der Waals surface area contributed by atoms with Crippen LogP contribution in [0.2, 0.25) is 0 Å². The summed E-state index contributed by atoms with van der Waals surface area (Å²) in [7, 11) is 1.55. The zero-order chi connectivity index (χ0) is 14.6. The number of carbonyl (C=O) groups is 3. The summed E-state index contributed by atoms with van der Waals surface area (Å²) in [4.78, 5) is 29.4. The van der Waals surface area contributed by atoms with Crippen LogP contribution in [0.3, 0.4) is 0 Å². The predicted octanol–water partition coefficient (Wildman–Crippen LogP) is -0.102. The van der Waals surface area contributed by atoms with Gasteiger partial charge in [0.15, 0.2) is 0 Å². The average molecular weight is 260 g/mol. The summed E-state index contributed by atoms with van der Waals surface area (Å²) < 4.78 is 8.41. The summed E-state index contributed by atoms with van der Waals surface area (Å²) in [5.41, 5.74) is 0.176. The third-order valence-corrected chi connectivity index (χ3v) is 1.22. The molecule has 1 aliphatic rings. The Labute approximate surface area is 104 Å². The number of hydrogen-bond acceptors (Lipinski definition) is 6. The van der Waals surface area contributed by atoms with Gasteiger partial charge in [-0.15, -0.1) is 0 Å². The van der Waals surface area contributed by atoms with Crippen molar-refractivity contribution in [1.82, 2.24) is 0 Å². The smallest absolute Gasteiger partial charge is 0.338 e. The molecule has 1 heterocycles. The Hall–Kier alpha value is -1.99. The normalized spacial score (nSPS) is 11.7. The van der Waals surface area contributed by atoms with Crippen LogP contribution in [0.15, 0.2) is 24.3 Å². The molecule has 0 fully saturated rings. The van der Waals surface area contributed by atoms with Gasteiger partial charge >= 0.3 is 17.9 Å². The molecule has 0 aromatic carbocycles. The van der Waals surface area contributed by atoms with E-state index in [1.807, 2.05) is 0 Å². The summed E-state index contributed by atoms with van der Waals surface area (Å²) in [6.45, 7) is 5.17. The number of ether oxygens (including phenoxy) is 2. The molecule has 18 heavy (non-hydrogen) atoms. The number of carbonyl (C=O) groups excluding carboxylic acids is 2. The molecule has 0 spiro atoms. The molecular formula is C11H16O7. The highest BCUT2D eigenvalue weighted by atomic mass is 16.6. The first-order chi connectivity index (χ1) is 8.34. The summed E-state index contributed by atoms with van der Waals surface area (Å²) in [5.74, 6) is -2.09. The summed E-state index contributed by atoms with van der Waals surface area (Å²) >= 11 is 0. The van der Waals surface area contributed by atoms with Crippen LogP contribution in [0.4, 0.5) is 0 Å². The van der Waals surface area contributed by atoms with Crippen molar-refractivity contribution < 1.29 is 34.1 Å². The van der Waals surface area contributed by atoms with Gasteiger partial charge in [0.2, 0.25) is 0 Å². The van der Waals surface area contributed by atoms with Crippen LogP contribution in [0.25, 0.3) is 0 Å². The van der Waals surface area contributed by atoms with Crippen molar-refractivity contribution in [3.05, 3.63) is 24.3 Å². The number of methoxy groups -OCH3 is 1. The van der Waals surface area contributed by atoms with E-state index >= 15 is 0 Å². The van der Waals surface area contributed by atoms with Gasteiger partial charge in [-0.3, -0.25) is 0 Å². The first kappa shape index (κ1) is 18.4. The van der Waals surface area contributed by atoms with Crippen molar-refractivity contribution in [3.8, 4) is 0 Å². The highest BCUT2D eigenvalue weighted by molar-refractivity contribution is 6.04. The Morgan fingerprint density at radius 1 is 1.39 bits per heavy atom. The van der Waals surface area contributed by atoms with E-state index in [9.17, 15) is 14.4 Å². The summed E-state index contributed by atoms with van der Waals surface area (Å²) in [6.07, 6.45) is 2.17. The number of carboxylic acid groups (broad SMARTS) is 1. The fourth-order valence-corrected chi connectivity index (χ4v) is 0.395. The SMILES string of the molecule is C=C(C)C(=O)O.COCCO.O=C1C=CC(=O)O1. The molecule has 0 radical (unpaired) electrons. The van der Waals surface area contributed by atoms with Crippen molar-refractivity contribution in [3.63, 3.8) is 0 Å². The maximum absolute atomic E-state index is 9.92. The first-order valence-corrected chi connectivity index (χ1v) is 4.77. The molecule has 7 nitrogen and oxygen atoms in total. The first-order valence-electron chi connectivity index (χ1n) is 4.77. The molecule has 0 amide bonds. The number of aliphatic hydroxyl groups excluding tert-OH is 1. The number of hydrogen-bond donors (Lipinski definition) is 2. The quantitative estimate of drug-likeness (QED) is 0.414. The van der Waals surface area contributed by atoms with Crippen molar-refractivity contribution in [1.29, 1.82) is 0 Å². The lowest BCUT2D eigenvalue weighted by Crippen LogP contribution is -1.96. The minimum absolute atomic E-state index is 0.122. The lowest BCUT2D eigenvalue weighted by atomic mass is 10.4. The highest BCUT2D eigenvalue weighted by Crippen LogP contribution is 1.92. The second kappa shape index (κ2) is 11.5. The van der Waals surface area contributed by atoms with Gasteiger partial charge in [-0.1, -0.05) is 6.58 Å². The van der Waals surface area contributed by atoms with E-state index in [4.69, 9.17) is 10.2 Å². The Morgan fingerprint density at radius 2 is 1.78 bits per heavy atom. The zero-order valence-electron chi connectivity index (χ0n) is 10.2. The number of rotatable bonds is 3. The lowest BCUT2D eigenvalue weighted by molar-refractivity contribution is -0.150. The summed E-state index contributed by atoms with van der Waals surface area (Å²) in [5, 5.41) is 15.8. The zero-order valence-corrected chi connectivity index (χ0v) is 10.2. The van der Waals surface area contributed by atoms with E-state index in [0.717, 1.165) is 12.2 Å². The number of esters is 2. The molecule has 0 atom stereocenters. The van der Waals surface area contributed by atoms with Crippen LogP contribution in [-0.4, -0.2) is 48.4 Å². The fourth-order valence-electron chi connectivity index (χ4n) is 0.395. The van der Waals surface area contributed by atoms with Crippen LogP contribution in [0, 0.1) is 0 Å². The molecule has 0 saturated heterocycles. The second-order valence-electron chi connectivity index (χ2n) is 2.88. The number of aliphatic carboxylic acids is 1. The van der Waals surface area contributed by atoms with Crippen LogP contribution in [0.5, 0.6) is 0 Å². The number of cyclic esters (lactones) is 2. The van der Waals surface area contributed by atoms with Gasteiger partial charge in [-0.2, -0.15) is 0 Å². The van der Waals surface area contributed by atoms with Crippen LogP contribution < -0.4 is 0 Å². The van der Waals surface area contributed by atoms with E-state index < -0.39 is 17.9 Å². The standard InChI is InChI=1S/C4H2O3.C4H6O2.C3H8O2/c5-3-1-2-4(6)7-3;1-3(2)4(5)6;1-5-3-2-4/h1-2H;1H2,2H3,(H,5,6);4H,2-3H2,1H3. The summed E-state index contributed by atoms with van der Waals surface area (Å²) in [6, 6.07) is 0. The van der Waals surface area contributed by atoms with E-state index in [-0.39, 0.29) is 12.2 Å². The maximum atomic E-state index is 9.92. The minimum Gasteiger partial charge on any atom is -0.478 e. The van der Waals surface area contributed by atoms with Crippen LogP contribution in [-0.2, 0) is 23.9 Å². The van der Waals surface area contributed by atoms with Crippen molar-refractivity contribution in [2.45, 2.75) is 6.92 Å². The molecule has 1 aliphatic heterocycles. The third-order valence-electron chi connectivity index (χ3n) is 1.22. The van der Waals surface area contributed by atoms with Crippen molar-refractivity contribution in [2.75, 3.05) is 20.3 Å². The molecule has 0 unspecified atom stereocenters. The van der Waals surface area contributed by atoms with Gasteiger partial charge < -0.3 is 19.7 Å². The number of aliphatic hydroxyl groups is 1. The number of carboxylic acids is 1. The van der Waals surface area contributed by atoms with Gasteiger partial charge in [0.25, 0.3) is 0 Å². The minimum atomic E-state index is -0.935. The largest absolute Gasteiger partial charge is 0.478 e. The molecule has 7 heteroatoms. The van der Waals surface area contributed by atoms with Crippen LogP contribution >= 0.6 is 0 Å². The molecule has 1 rings (SSSR count). The Balaban J connectivity index is 0. The van der Waals surface area contributed by atoms with Gasteiger partial charge in [0.1, 0.15) is 0 Å². The fraction of sp³-hybridized carbons (Fsp3) is 0.364. The van der Waals surface area contributed by atoms with Gasteiger partial charge in [-0.25, -0.2) is 14.4 Å². The third kappa shape index (κ3) is 14.0. The van der Waals surface area contributed by atoms with E-state index in [0.29, 0.717) is 6.61 Å². The molecule has 0 aromatic heterocycles. The Bertz CT molecular complexity index is 300. The van der Waals surface area contributed by atoms with E-state index in [2.05, 4.69) is 16.1 Å². The molecular weight excluding hydrogens is 244 g/mol. The predicted molar refractivity (Wildman–Crippen MR) is 61.7 cm³/mol.